The van der Waals surface area contributed by atoms with Crippen LogP contribution in [0.4, 0.5) is 4.79 Å². The minimum atomic E-state index is -1.17. The van der Waals surface area contributed by atoms with Gasteiger partial charge in [-0.15, -0.1) is 18.9 Å². The Bertz CT molecular complexity index is 1330. The molecule has 0 bridgehead atoms. The van der Waals surface area contributed by atoms with Gasteiger partial charge < -0.3 is 26.2 Å². The molecule has 0 aromatic heterocycles. The van der Waals surface area contributed by atoms with Gasteiger partial charge in [0.1, 0.15) is 17.9 Å². The van der Waals surface area contributed by atoms with Crippen molar-refractivity contribution in [2.75, 3.05) is 13.1 Å². The number of rotatable bonds is 13. The molecule has 1 aliphatic heterocycles. The molecule has 0 aromatic carbocycles. The van der Waals surface area contributed by atoms with Crippen LogP contribution >= 0.6 is 0 Å². The molecule has 3 rings (SSSR count). The van der Waals surface area contributed by atoms with Crippen LogP contribution in [0, 0.1) is 40.4 Å². The maximum atomic E-state index is 14.4. The predicted molar refractivity (Wildman–Crippen MR) is 184 cm³/mol. The topological polar surface area (TPSA) is 154 Å². The highest BCUT2D eigenvalue weighted by Crippen LogP contribution is 2.65. The molecule has 4 N–H and O–H groups in total. The van der Waals surface area contributed by atoms with Gasteiger partial charge in [-0.05, 0) is 41.9 Å². The van der Waals surface area contributed by atoms with Gasteiger partial charge in [-0.25, -0.2) is 4.79 Å². The van der Waals surface area contributed by atoms with Crippen molar-refractivity contribution in [3.63, 3.8) is 0 Å². The minimum absolute atomic E-state index is 0.0521. The quantitative estimate of drug-likeness (QED) is 0.134. The summed E-state index contributed by atoms with van der Waals surface area (Å²) >= 11 is 0. The molecule has 0 spiro atoms. The highest BCUT2D eigenvalue weighted by molar-refractivity contribution is 6.38. The van der Waals surface area contributed by atoms with Gasteiger partial charge in [-0.2, -0.15) is 0 Å². The molecule has 1 heterocycles. The molecule has 2 saturated carbocycles. The van der Waals surface area contributed by atoms with E-state index < -0.39 is 64.0 Å². The number of amides is 5. The Balaban J connectivity index is 1.85. The monoisotopic (exact) mass is 667 g/mol. The number of Topliss-reactive ketones (excluding diaryl/α,β-unsaturated/α-hetero) is 2. The molecule has 11 heteroatoms. The van der Waals surface area contributed by atoms with Gasteiger partial charge in [-0.3, -0.25) is 24.0 Å². The van der Waals surface area contributed by atoms with Crippen molar-refractivity contribution in [3.8, 4) is 12.3 Å². The van der Waals surface area contributed by atoms with Crippen LogP contribution in [0.2, 0.25) is 0 Å². The molecule has 3 fully saturated rings. The number of hydrogen-bond donors (Lipinski definition) is 4. The van der Waals surface area contributed by atoms with Gasteiger partial charge in [0.2, 0.25) is 17.6 Å². The minimum Gasteiger partial charge on any atom is -0.346 e. The van der Waals surface area contributed by atoms with Crippen LogP contribution in [0.1, 0.15) is 107 Å². The maximum Gasteiger partial charge on any atom is 0.315 e. The first kappa shape index (κ1) is 38.8. The molecule has 5 atom stereocenters. The van der Waals surface area contributed by atoms with Crippen molar-refractivity contribution in [1.29, 1.82) is 0 Å². The average Bonchev–Trinajstić information content (AvgIpc) is 3.30. The third-order valence-electron chi connectivity index (χ3n) is 10.5. The molecule has 5 amide bonds. The first-order valence-electron chi connectivity index (χ1n) is 17.3. The van der Waals surface area contributed by atoms with Crippen molar-refractivity contribution >= 4 is 35.3 Å². The lowest BCUT2D eigenvalue weighted by Gasteiger charge is -2.41. The van der Waals surface area contributed by atoms with Crippen molar-refractivity contribution in [2.24, 2.45) is 28.1 Å². The summed E-state index contributed by atoms with van der Waals surface area (Å²) in [7, 11) is 0. The molecular formula is C37H57N5O6. The summed E-state index contributed by atoms with van der Waals surface area (Å²) in [5, 5.41) is 11.2. The summed E-state index contributed by atoms with van der Waals surface area (Å²) < 4.78 is 0. The fourth-order valence-corrected chi connectivity index (χ4v) is 7.35. The molecule has 2 aliphatic carbocycles. The third kappa shape index (κ3) is 8.86. The lowest BCUT2D eigenvalue weighted by atomic mass is 9.74. The second-order valence-corrected chi connectivity index (χ2v) is 16.6. The Morgan fingerprint density at radius 3 is 2.17 bits per heavy atom. The first-order valence-corrected chi connectivity index (χ1v) is 17.3. The fourth-order valence-electron chi connectivity index (χ4n) is 7.35. The Hall–Kier alpha value is -3.68. The van der Waals surface area contributed by atoms with Crippen LogP contribution < -0.4 is 21.3 Å². The summed E-state index contributed by atoms with van der Waals surface area (Å²) in [5.74, 6) is -0.210. The zero-order valence-electron chi connectivity index (χ0n) is 30.2. The number of fused-ring (bicyclic) bond motifs is 1. The third-order valence-corrected chi connectivity index (χ3v) is 10.5. The van der Waals surface area contributed by atoms with Crippen molar-refractivity contribution in [1.82, 2.24) is 26.2 Å². The maximum absolute atomic E-state index is 14.4. The van der Waals surface area contributed by atoms with E-state index >= 15 is 0 Å². The number of nitrogens with zero attached hydrogens (tertiary/aromatic N) is 1. The molecule has 266 valence electrons. The zero-order valence-corrected chi connectivity index (χ0v) is 30.2. The van der Waals surface area contributed by atoms with Gasteiger partial charge in [0.15, 0.2) is 0 Å². The SMILES string of the molecule is C#CCCC(NC(=O)[C@@H]1[C@@H]2[C@H](CN1C(=O)[C@@H](NC(=O)NC1(CC(=O)C(C)(C)C)CCCCC1)C(C)(C)C)C2(C)C)C(=O)C(=O)NCC=C. The number of carbonyl (C=O) groups is 6. The van der Waals surface area contributed by atoms with Gasteiger partial charge in [-0.1, -0.05) is 80.7 Å². The summed E-state index contributed by atoms with van der Waals surface area (Å²) in [6.07, 6.45) is 11.5. The summed E-state index contributed by atoms with van der Waals surface area (Å²) in [6, 6.07) is -3.58. The highest BCUT2D eigenvalue weighted by Gasteiger charge is 2.70. The highest BCUT2D eigenvalue weighted by atomic mass is 16.2. The molecule has 11 nitrogen and oxygen atoms in total. The molecule has 1 saturated heterocycles. The van der Waals surface area contributed by atoms with E-state index in [1.165, 1.54) is 11.0 Å². The van der Waals surface area contributed by atoms with Crippen molar-refractivity contribution in [2.45, 2.75) is 130 Å². The molecule has 0 radical (unpaired) electrons. The Morgan fingerprint density at radius 1 is 1.00 bits per heavy atom. The van der Waals surface area contributed by atoms with E-state index in [1.54, 1.807) is 0 Å². The van der Waals surface area contributed by atoms with Crippen LogP contribution in [0.5, 0.6) is 0 Å². The number of nitrogens with one attached hydrogen (secondary N) is 4. The number of ketones is 2. The second-order valence-electron chi connectivity index (χ2n) is 16.6. The van der Waals surface area contributed by atoms with E-state index in [9.17, 15) is 28.8 Å². The van der Waals surface area contributed by atoms with Gasteiger partial charge >= 0.3 is 6.03 Å². The Kier molecular flexibility index (Phi) is 12.0. The standard InChI is InChI=1S/C37H57N5O6/c1-11-13-17-24(28(44)31(46)38-20-12-2)39-30(45)27-26-23(36(26,9)10)22-42(27)32(47)29(35(6,7)8)40-33(48)41-37(18-15-14-16-19-37)21-25(43)34(3,4)5/h1,12,23-24,26-27,29H,2,13-22H2,3-10H3,(H,38,46)(H,39,45)(H2,40,41,48)/t23-,24?,26-,27-,29+/m0/s1. The largest absolute Gasteiger partial charge is 0.346 e. The lowest BCUT2D eigenvalue weighted by molar-refractivity contribution is -0.145. The molecule has 0 aromatic rings. The zero-order chi connectivity index (χ0) is 36.2. The Labute approximate surface area is 286 Å². The summed E-state index contributed by atoms with van der Waals surface area (Å²) in [6.45, 7) is 19.2. The molecule has 3 aliphatic rings. The fraction of sp³-hybridized carbons (Fsp3) is 0.730. The Morgan fingerprint density at radius 2 is 1.62 bits per heavy atom. The number of terminal acetylenes is 1. The van der Waals surface area contributed by atoms with Gasteiger partial charge in [0.05, 0.1) is 6.04 Å². The second kappa shape index (κ2) is 14.8. The van der Waals surface area contributed by atoms with Gasteiger partial charge in [0.25, 0.3) is 5.91 Å². The average molecular weight is 668 g/mol. The van der Waals surface area contributed by atoms with E-state index in [1.807, 2.05) is 55.4 Å². The lowest BCUT2D eigenvalue weighted by Crippen LogP contribution is -2.63. The first-order chi connectivity index (χ1) is 22.2. The summed E-state index contributed by atoms with van der Waals surface area (Å²) in [5.41, 5.74) is -2.19. The van der Waals surface area contributed by atoms with Crippen molar-refractivity contribution < 1.29 is 28.8 Å². The van der Waals surface area contributed by atoms with E-state index in [0.717, 1.165) is 19.3 Å². The van der Waals surface area contributed by atoms with Crippen LogP contribution in [0.3, 0.4) is 0 Å². The van der Waals surface area contributed by atoms with E-state index in [2.05, 4.69) is 33.8 Å². The smallest absolute Gasteiger partial charge is 0.315 e. The van der Waals surface area contributed by atoms with Crippen LogP contribution in [-0.2, 0) is 24.0 Å². The molecular weight excluding hydrogens is 610 g/mol. The van der Waals surface area contributed by atoms with E-state index in [4.69, 9.17) is 6.42 Å². The number of carbonyl (C=O) groups excluding carboxylic acids is 6. The van der Waals surface area contributed by atoms with Gasteiger partial charge in [0, 0.05) is 36.9 Å². The van der Waals surface area contributed by atoms with E-state index in [-0.39, 0.29) is 48.8 Å². The molecule has 48 heavy (non-hydrogen) atoms. The van der Waals surface area contributed by atoms with Crippen LogP contribution in [0.25, 0.3) is 0 Å². The predicted octanol–water partition coefficient (Wildman–Crippen LogP) is 3.66. The van der Waals surface area contributed by atoms with Crippen LogP contribution in [-0.4, -0.2) is 77.0 Å². The number of urea groups is 1. The number of hydrogen-bond acceptors (Lipinski definition) is 6. The normalized spacial score (nSPS) is 23.7. The molecule has 1 unspecified atom stereocenters. The summed E-state index contributed by atoms with van der Waals surface area (Å²) in [4.78, 5) is 82.2. The van der Waals surface area contributed by atoms with Crippen LogP contribution in [0.15, 0.2) is 12.7 Å². The number of likely N-dealkylation sites (tertiary alicyclic amines) is 1. The van der Waals surface area contributed by atoms with Crippen molar-refractivity contribution in [3.05, 3.63) is 12.7 Å². The number of piperidine rings is 1. The van der Waals surface area contributed by atoms with E-state index in [0.29, 0.717) is 19.4 Å².